The van der Waals surface area contributed by atoms with E-state index in [1.54, 1.807) is 11.8 Å². The van der Waals surface area contributed by atoms with Crippen LogP contribution < -0.4 is 9.64 Å². The molecule has 4 nitrogen and oxygen atoms in total. The maximum atomic E-state index is 9.34. The molecule has 0 N–H and O–H groups in total. The van der Waals surface area contributed by atoms with Crippen LogP contribution in [0.1, 0.15) is 18.1 Å². The Balaban J connectivity index is 1.91. The van der Waals surface area contributed by atoms with Crippen LogP contribution >= 0.6 is 11.8 Å². The molecule has 0 atom stereocenters. The number of hydrogen-bond acceptors (Lipinski definition) is 5. The van der Waals surface area contributed by atoms with Crippen molar-refractivity contribution in [2.45, 2.75) is 13.5 Å². The van der Waals surface area contributed by atoms with Crippen LogP contribution in [0.4, 0.5) is 5.69 Å². The van der Waals surface area contributed by atoms with Crippen molar-refractivity contribution in [3.8, 4) is 11.8 Å². The molecule has 0 amide bonds. The van der Waals surface area contributed by atoms with Gasteiger partial charge in [0.25, 0.3) is 0 Å². The molecule has 0 fully saturated rings. The van der Waals surface area contributed by atoms with Gasteiger partial charge in [0.1, 0.15) is 5.75 Å². The van der Waals surface area contributed by atoms with Crippen molar-refractivity contribution in [1.82, 2.24) is 0 Å². The van der Waals surface area contributed by atoms with Crippen molar-refractivity contribution in [1.29, 1.82) is 5.26 Å². The molecule has 0 aromatic heterocycles. The first-order chi connectivity index (χ1) is 11.8. The van der Waals surface area contributed by atoms with E-state index < -0.39 is 0 Å². The summed E-state index contributed by atoms with van der Waals surface area (Å²) in [7, 11) is 0. The fourth-order valence-electron chi connectivity index (χ4n) is 2.58. The number of aliphatic imine (C=N–C) groups is 1. The molecule has 0 radical (unpaired) electrons. The zero-order chi connectivity index (χ0) is 16.8. The lowest BCUT2D eigenvalue weighted by Gasteiger charge is -2.25. The van der Waals surface area contributed by atoms with Gasteiger partial charge in [0.05, 0.1) is 31.3 Å². The third kappa shape index (κ3) is 3.72. The summed E-state index contributed by atoms with van der Waals surface area (Å²) < 4.78 is 5.52. The SMILES string of the molecule is CCOc1ccc(N(Cc2ccccc2C#N)C2=NCCS2)cc1. The number of thioether (sulfide) groups is 1. The molecular formula is C19H19N3OS. The molecule has 1 aliphatic rings. The summed E-state index contributed by atoms with van der Waals surface area (Å²) in [6.07, 6.45) is 0. The van der Waals surface area contributed by atoms with Gasteiger partial charge in [-0.2, -0.15) is 5.26 Å². The van der Waals surface area contributed by atoms with Gasteiger partial charge in [-0.1, -0.05) is 30.0 Å². The molecule has 1 heterocycles. The standard InChI is InChI=1S/C19H19N3OS/c1-2-23-18-9-7-17(8-10-18)22(19-21-11-12-24-19)14-16-6-4-3-5-15(16)13-20/h3-10H,2,11-12,14H2,1H3. The van der Waals surface area contributed by atoms with E-state index in [-0.39, 0.29) is 0 Å². The molecule has 1 aliphatic heterocycles. The second-order valence-electron chi connectivity index (χ2n) is 5.29. The highest BCUT2D eigenvalue weighted by molar-refractivity contribution is 8.14. The van der Waals surface area contributed by atoms with Gasteiger partial charge >= 0.3 is 0 Å². The van der Waals surface area contributed by atoms with Gasteiger partial charge in [0.2, 0.25) is 0 Å². The van der Waals surface area contributed by atoms with E-state index in [0.29, 0.717) is 18.7 Å². The van der Waals surface area contributed by atoms with Gasteiger partial charge in [-0.3, -0.25) is 4.99 Å². The molecule has 122 valence electrons. The molecule has 2 aromatic carbocycles. The number of amidine groups is 1. The van der Waals surface area contributed by atoms with Gasteiger partial charge in [0, 0.05) is 11.4 Å². The van der Waals surface area contributed by atoms with Crippen molar-refractivity contribution in [3.63, 3.8) is 0 Å². The molecule has 24 heavy (non-hydrogen) atoms. The number of benzene rings is 2. The number of hydrogen-bond donors (Lipinski definition) is 0. The average Bonchev–Trinajstić information content (AvgIpc) is 3.15. The van der Waals surface area contributed by atoms with E-state index in [1.807, 2.05) is 55.5 Å². The number of anilines is 1. The maximum absolute atomic E-state index is 9.34. The summed E-state index contributed by atoms with van der Waals surface area (Å²) in [6.45, 7) is 4.10. The number of nitriles is 1. The summed E-state index contributed by atoms with van der Waals surface area (Å²) in [5.41, 5.74) is 2.76. The second-order valence-corrected chi connectivity index (χ2v) is 6.36. The van der Waals surface area contributed by atoms with Gasteiger partial charge < -0.3 is 9.64 Å². The fourth-order valence-corrected chi connectivity index (χ4v) is 3.46. The van der Waals surface area contributed by atoms with Crippen LogP contribution in [0.2, 0.25) is 0 Å². The fraction of sp³-hybridized carbons (Fsp3) is 0.263. The number of rotatable bonds is 5. The lowest BCUT2D eigenvalue weighted by molar-refractivity contribution is 0.340. The molecule has 0 aliphatic carbocycles. The van der Waals surface area contributed by atoms with Crippen LogP contribution in [0, 0.1) is 11.3 Å². The topological polar surface area (TPSA) is 48.6 Å². The molecule has 3 rings (SSSR count). The number of ether oxygens (including phenoxy) is 1. The first-order valence-electron chi connectivity index (χ1n) is 7.97. The van der Waals surface area contributed by atoms with Crippen LogP contribution in [0.3, 0.4) is 0 Å². The summed E-state index contributed by atoms with van der Waals surface area (Å²) in [4.78, 5) is 6.78. The lowest BCUT2D eigenvalue weighted by atomic mass is 10.1. The van der Waals surface area contributed by atoms with Crippen LogP contribution in [0.15, 0.2) is 53.5 Å². The summed E-state index contributed by atoms with van der Waals surface area (Å²) in [5.74, 6) is 1.86. The van der Waals surface area contributed by atoms with E-state index in [9.17, 15) is 5.26 Å². The average molecular weight is 337 g/mol. The lowest BCUT2D eigenvalue weighted by Crippen LogP contribution is -2.27. The van der Waals surface area contributed by atoms with E-state index in [0.717, 1.165) is 34.5 Å². The Labute approximate surface area is 146 Å². The van der Waals surface area contributed by atoms with E-state index in [1.165, 1.54) is 0 Å². The zero-order valence-electron chi connectivity index (χ0n) is 13.6. The second kappa shape index (κ2) is 7.89. The summed E-state index contributed by atoms with van der Waals surface area (Å²) in [6, 6.07) is 18.0. The van der Waals surface area contributed by atoms with Crippen molar-refractivity contribution >= 4 is 22.6 Å². The van der Waals surface area contributed by atoms with E-state index >= 15 is 0 Å². The minimum atomic E-state index is 0.629. The Morgan fingerprint density at radius 2 is 2.00 bits per heavy atom. The van der Waals surface area contributed by atoms with Gasteiger partial charge in [-0.15, -0.1) is 0 Å². The van der Waals surface area contributed by atoms with Gasteiger partial charge in [-0.05, 0) is 42.8 Å². The first-order valence-corrected chi connectivity index (χ1v) is 8.96. The zero-order valence-corrected chi connectivity index (χ0v) is 14.4. The quantitative estimate of drug-likeness (QED) is 0.825. The highest BCUT2D eigenvalue weighted by Gasteiger charge is 2.19. The Hall–Kier alpha value is -2.45. The molecule has 5 heteroatoms. The summed E-state index contributed by atoms with van der Waals surface area (Å²) in [5, 5.41) is 10.3. The molecular weight excluding hydrogens is 318 g/mol. The normalized spacial score (nSPS) is 13.2. The molecule has 0 saturated carbocycles. The van der Waals surface area contributed by atoms with Crippen molar-refractivity contribution in [2.24, 2.45) is 4.99 Å². The van der Waals surface area contributed by atoms with Crippen LogP contribution in [0.25, 0.3) is 0 Å². The molecule has 0 bridgehead atoms. The Kier molecular flexibility index (Phi) is 5.39. The molecule has 0 unspecified atom stereocenters. The third-order valence-corrected chi connectivity index (χ3v) is 4.72. The van der Waals surface area contributed by atoms with Crippen LogP contribution in [0.5, 0.6) is 5.75 Å². The van der Waals surface area contributed by atoms with Crippen LogP contribution in [-0.2, 0) is 6.54 Å². The monoisotopic (exact) mass is 337 g/mol. The smallest absolute Gasteiger partial charge is 0.164 e. The predicted molar refractivity (Wildman–Crippen MR) is 99.7 cm³/mol. The number of nitrogens with zero attached hydrogens (tertiary/aromatic N) is 3. The van der Waals surface area contributed by atoms with Gasteiger partial charge in [0.15, 0.2) is 5.17 Å². The predicted octanol–water partition coefficient (Wildman–Crippen LogP) is 4.07. The minimum Gasteiger partial charge on any atom is -0.494 e. The largest absolute Gasteiger partial charge is 0.494 e. The van der Waals surface area contributed by atoms with Crippen molar-refractivity contribution in [3.05, 3.63) is 59.7 Å². The maximum Gasteiger partial charge on any atom is 0.164 e. The summed E-state index contributed by atoms with van der Waals surface area (Å²) >= 11 is 1.75. The first kappa shape index (κ1) is 16.4. The minimum absolute atomic E-state index is 0.629. The molecule has 0 saturated heterocycles. The van der Waals surface area contributed by atoms with Crippen molar-refractivity contribution in [2.75, 3.05) is 23.8 Å². The Morgan fingerprint density at radius 3 is 2.67 bits per heavy atom. The molecule has 2 aromatic rings. The van der Waals surface area contributed by atoms with Crippen LogP contribution in [-0.4, -0.2) is 24.1 Å². The molecule has 0 spiro atoms. The van der Waals surface area contributed by atoms with E-state index in [4.69, 9.17) is 4.74 Å². The van der Waals surface area contributed by atoms with Gasteiger partial charge in [-0.25, -0.2) is 0 Å². The Bertz CT molecular complexity index is 765. The van der Waals surface area contributed by atoms with E-state index in [2.05, 4.69) is 16.0 Å². The Morgan fingerprint density at radius 1 is 1.21 bits per heavy atom. The highest BCUT2D eigenvalue weighted by Crippen LogP contribution is 2.27. The third-order valence-electron chi connectivity index (χ3n) is 3.73. The highest BCUT2D eigenvalue weighted by atomic mass is 32.2. The van der Waals surface area contributed by atoms with Crippen molar-refractivity contribution < 1.29 is 4.74 Å².